The van der Waals surface area contributed by atoms with Crippen LogP contribution in [0.1, 0.15) is 25.0 Å². The first-order valence-corrected chi connectivity index (χ1v) is 19.5. The molecule has 0 amide bonds. The van der Waals surface area contributed by atoms with E-state index in [-0.39, 0.29) is 5.41 Å². The maximum atomic E-state index is 5.35. The fraction of sp³-hybridized carbons (Fsp3) is 0.0588. The molecule has 3 heterocycles. The van der Waals surface area contributed by atoms with E-state index in [9.17, 15) is 0 Å². The van der Waals surface area contributed by atoms with Crippen molar-refractivity contribution < 1.29 is 0 Å². The second-order valence-electron chi connectivity index (χ2n) is 15.2. The van der Waals surface area contributed by atoms with Gasteiger partial charge in [0.1, 0.15) is 0 Å². The highest BCUT2D eigenvalue weighted by Crippen LogP contribution is 2.52. The molecule has 0 aliphatic heterocycles. The second-order valence-corrected chi connectivity index (χ2v) is 15.2. The molecule has 58 heavy (non-hydrogen) atoms. The third kappa shape index (κ3) is 5.43. The van der Waals surface area contributed by atoms with Crippen LogP contribution in [0.3, 0.4) is 0 Å². The summed E-state index contributed by atoms with van der Waals surface area (Å²) in [6, 6.07) is 60.2. The molecule has 274 valence electrons. The van der Waals surface area contributed by atoms with Crippen molar-refractivity contribution in [1.29, 1.82) is 0 Å². The number of rotatable bonds is 6. The fourth-order valence-corrected chi connectivity index (χ4v) is 8.57. The van der Waals surface area contributed by atoms with Gasteiger partial charge in [-0.25, -0.2) is 19.9 Å². The number of benzene rings is 7. The Balaban J connectivity index is 1.14. The first kappa shape index (κ1) is 33.7. The molecule has 0 fully saturated rings. The topological polar surface area (TPSA) is 82.3 Å². The third-order valence-corrected chi connectivity index (χ3v) is 11.3. The number of hydrogen-bond donors (Lipinski definition) is 0. The van der Waals surface area contributed by atoms with Gasteiger partial charge in [0.15, 0.2) is 29.1 Å². The molecule has 1 aliphatic carbocycles. The van der Waals surface area contributed by atoms with E-state index in [0.717, 1.165) is 44.2 Å². The monoisotopic (exact) mass is 745 g/mol. The van der Waals surface area contributed by atoms with E-state index in [1.165, 1.54) is 27.6 Å². The quantitative estimate of drug-likeness (QED) is 0.169. The maximum Gasteiger partial charge on any atom is 0.238 e. The summed E-state index contributed by atoms with van der Waals surface area (Å²) in [5, 5.41) is 2.31. The lowest BCUT2D eigenvalue weighted by Gasteiger charge is -2.23. The van der Waals surface area contributed by atoms with Crippen LogP contribution in [0, 0.1) is 0 Å². The van der Waals surface area contributed by atoms with Gasteiger partial charge in [-0.2, -0.15) is 9.97 Å². The molecule has 11 rings (SSSR count). The molecule has 0 saturated carbocycles. The number of aromatic nitrogens is 7. The summed E-state index contributed by atoms with van der Waals surface area (Å²) in [5.41, 5.74) is 11.4. The van der Waals surface area contributed by atoms with Crippen molar-refractivity contribution in [2.75, 3.05) is 0 Å². The zero-order valence-corrected chi connectivity index (χ0v) is 31.9. The highest BCUT2D eigenvalue weighted by molar-refractivity contribution is 6.13. The maximum absolute atomic E-state index is 5.35. The normalized spacial score (nSPS) is 12.8. The molecule has 0 saturated heterocycles. The van der Waals surface area contributed by atoms with Crippen LogP contribution < -0.4 is 0 Å². The van der Waals surface area contributed by atoms with E-state index >= 15 is 0 Å². The number of para-hydroxylation sites is 1. The summed E-state index contributed by atoms with van der Waals surface area (Å²) >= 11 is 0. The average molecular weight is 746 g/mol. The van der Waals surface area contributed by atoms with Crippen molar-refractivity contribution in [2.24, 2.45) is 0 Å². The number of fused-ring (bicyclic) bond motifs is 7. The Kier molecular flexibility index (Phi) is 7.69. The summed E-state index contributed by atoms with van der Waals surface area (Å²) < 4.78 is 2.25. The van der Waals surface area contributed by atoms with Gasteiger partial charge in [-0.05, 0) is 34.4 Å². The molecule has 0 spiro atoms. The van der Waals surface area contributed by atoms with Crippen LogP contribution in [0.15, 0.2) is 176 Å². The lowest BCUT2D eigenvalue weighted by Crippen LogP contribution is -2.17. The molecule has 10 aromatic rings. The molecule has 3 aromatic heterocycles. The highest BCUT2D eigenvalue weighted by Gasteiger charge is 2.38. The van der Waals surface area contributed by atoms with Gasteiger partial charge in [0, 0.05) is 44.0 Å². The smallest absolute Gasteiger partial charge is 0.238 e. The summed E-state index contributed by atoms with van der Waals surface area (Å²) in [7, 11) is 0. The number of hydrogen-bond acceptors (Lipinski definition) is 6. The molecular weight excluding hydrogens is 711 g/mol. The van der Waals surface area contributed by atoms with Crippen molar-refractivity contribution in [3.8, 4) is 74.0 Å². The first-order valence-electron chi connectivity index (χ1n) is 19.5. The molecule has 0 radical (unpaired) electrons. The lowest BCUT2D eigenvalue weighted by molar-refractivity contribution is 0.663. The minimum atomic E-state index is -0.258. The highest BCUT2D eigenvalue weighted by atomic mass is 15.2. The molecule has 7 aromatic carbocycles. The standard InChI is InChI=1S/C51H35N7/c1-51(2)41-27-14-12-25-37(41)39-29-30-40-38-26-13-15-28-42(38)58(44(40)43(39)51)50-56-47(34-21-10-5-11-22-34)55-49(57-50)36-24-16-23-35(31-36)48-53-45(32-17-6-3-7-18-32)52-46(54-48)33-19-8-4-9-20-33/h3-31H,1-2H3. The second kappa shape index (κ2) is 13.2. The summed E-state index contributed by atoms with van der Waals surface area (Å²) in [5.74, 6) is 3.46. The zero-order chi connectivity index (χ0) is 38.8. The van der Waals surface area contributed by atoms with Gasteiger partial charge in [-0.1, -0.05) is 178 Å². The minimum Gasteiger partial charge on any atom is -0.277 e. The molecule has 0 N–H and O–H groups in total. The van der Waals surface area contributed by atoms with Crippen molar-refractivity contribution in [1.82, 2.24) is 34.5 Å². The van der Waals surface area contributed by atoms with Crippen LogP contribution in [0.4, 0.5) is 0 Å². The predicted octanol–water partition coefficient (Wildman–Crippen LogP) is 11.8. The summed E-state index contributed by atoms with van der Waals surface area (Å²) in [6.07, 6.45) is 0. The van der Waals surface area contributed by atoms with Crippen molar-refractivity contribution in [3.05, 3.63) is 187 Å². The third-order valence-electron chi connectivity index (χ3n) is 11.3. The van der Waals surface area contributed by atoms with E-state index in [0.29, 0.717) is 35.1 Å². The van der Waals surface area contributed by atoms with Crippen molar-refractivity contribution in [3.63, 3.8) is 0 Å². The largest absolute Gasteiger partial charge is 0.277 e. The molecular formula is C51H35N7. The Morgan fingerprint density at radius 2 is 0.845 bits per heavy atom. The predicted molar refractivity (Wildman–Crippen MR) is 232 cm³/mol. The van der Waals surface area contributed by atoms with Crippen LogP contribution >= 0.6 is 0 Å². The Labute approximate surface area is 335 Å². The van der Waals surface area contributed by atoms with Crippen LogP contribution in [-0.2, 0) is 5.41 Å². The van der Waals surface area contributed by atoms with Gasteiger partial charge in [-0.3, -0.25) is 4.57 Å². The van der Waals surface area contributed by atoms with E-state index in [2.05, 4.69) is 85.1 Å². The van der Waals surface area contributed by atoms with Gasteiger partial charge < -0.3 is 0 Å². The minimum absolute atomic E-state index is 0.258. The van der Waals surface area contributed by atoms with Crippen molar-refractivity contribution in [2.45, 2.75) is 19.3 Å². The van der Waals surface area contributed by atoms with Crippen LogP contribution in [-0.4, -0.2) is 34.5 Å². The van der Waals surface area contributed by atoms with Gasteiger partial charge in [0.2, 0.25) is 5.95 Å². The van der Waals surface area contributed by atoms with Gasteiger partial charge in [-0.15, -0.1) is 0 Å². The zero-order valence-electron chi connectivity index (χ0n) is 31.9. The van der Waals surface area contributed by atoms with E-state index in [1.807, 2.05) is 109 Å². The SMILES string of the molecule is CC1(C)c2ccccc2-c2ccc3c4ccccc4n(-c4nc(-c5ccccc5)nc(-c5cccc(-c6nc(-c7ccccc7)nc(-c7ccccc7)n6)c5)n4)c3c21. The Hall–Kier alpha value is -7.64. The molecule has 0 unspecified atom stereocenters. The van der Waals surface area contributed by atoms with Crippen LogP contribution in [0.25, 0.3) is 95.8 Å². The molecule has 1 aliphatic rings. The lowest BCUT2D eigenvalue weighted by atomic mass is 9.81. The van der Waals surface area contributed by atoms with Gasteiger partial charge in [0.05, 0.1) is 11.0 Å². The summed E-state index contributed by atoms with van der Waals surface area (Å²) in [6.45, 7) is 4.65. The number of nitrogens with zero attached hydrogens (tertiary/aromatic N) is 7. The van der Waals surface area contributed by atoms with E-state index in [1.54, 1.807) is 0 Å². The molecule has 0 atom stereocenters. The first-order chi connectivity index (χ1) is 28.5. The van der Waals surface area contributed by atoms with Gasteiger partial charge >= 0.3 is 0 Å². The van der Waals surface area contributed by atoms with Crippen LogP contribution in [0.2, 0.25) is 0 Å². The fourth-order valence-electron chi connectivity index (χ4n) is 8.57. The average Bonchev–Trinajstić information content (AvgIpc) is 3.75. The molecule has 0 bridgehead atoms. The Bertz CT molecular complexity index is 3130. The van der Waals surface area contributed by atoms with E-state index < -0.39 is 0 Å². The van der Waals surface area contributed by atoms with Crippen molar-refractivity contribution >= 4 is 21.8 Å². The Morgan fingerprint density at radius 1 is 0.379 bits per heavy atom. The molecule has 7 heteroatoms. The summed E-state index contributed by atoms with van der Waals surface area (Å²) in [4.78, 5) is 30.7. The van der Waals surface area contributed by atoms with Crippen LogP contribution in [0.5, 0.6) is 0 Å². The Morgan fingerprint density at radius 3 is 1.45 bits per heavy atom. The van der Waals surface area contributed by atoms with E-state index in [4.69, 9.17) is 29.9 Å². The molecule has 7 nitrogen and oxygen atoms in total. The van der Waals surface area contributed by atoms with Gasteiger partial charge in [0.25, 0.3) is 0 Å².